The third-order valence-corrected chi connectivity index (χ3v) is 2.95. The average Bonchev–Trinajstić information content (AvgIpc) is 2.49. The van der Waals surface area contributed by atoms with Gasteiger partial charge in [0.2, 0.25) is 0 Å². The summed E-state index contributed by atoms with van der Waals surface area (Å²) < 4.78 is 18.6. The molecule has 0 unspecified atom stereocenters. The average molecular weight is 338 g/mol. The summed E-state index contributed by atoms with van der Waals surface area (Å²) in [6, 6.07) is 6.70. The Bertz CT molecular complexity index is 556. The van der Waals surface area contributed by atoms with Crippen molar-refractivity contribution in [3.05, 3.63) is 35.6 Å². The molecule has 1 aromatic rings. The van der Waals surface area contributed by atoms with Gasteiger partial charge in [0, 0.05) is 26.7 Å². The minimum atomic E-state index is -0.512. The standard InChI is InChI=1S/C17H27FN4O2/c1-17(2,3)24-16(23)22-12-11-21-15(19-4)20-10-9-13-7-5-6-8-14(13)18/h5-8H,9-12H2,1-4H3,(H,22,23)(H2,19,20,21). The number of aliphatic imine (C=N–C) groups is 1. The lowest BCUT2D eigenvalue weighted by molar-refractivity contribution is 0.0529. The van der Waals surface area contributed by atoms with Gasteiger partial charge in [-0.05, 0) is 38.8 Å². The van der Waals surface area contributed by atoms with Gasteiger partial charge < -0.3 is 20.7 Å². The Morgan fingerprint density at radius 1 is 1.12 bits per heavy atom. The van der Waals surface area contributed by atoms with E-state index in [2.05, 4.69) is 20.9 Å². The molecule has 0 heterocycles. The molecule has 0 bridgehead atoms. The number of halogens is 1. The van der Waals surface area contributed by atoms with Gasteiger partial charge in [-0.15, -0.1) is 0 Å². The predicted octanol–water partition coefficient (Wildman–Crippen LogP) is 2.06. The maximum absolute atomic E-state index is 13.5. The van der Waals surface area contributed by atoms with Crippen LogP contribution in [0.5, 0.6) is 0 Å². The van der Waals surface area contributed by atoms with Crippen molar-refractivity contribution in [2.24, 2.45) is 4.99 Å². The first-order chi connectivity index (χ1) is 11.3. The highest BCUT2D eigenvalue weighted by atomic mass is 19.1. The van der Waals surface area contributed by atoms with Gasteiger partial charge in [-0.1, -0.05) is 18.2 Å². The number of hydrogen-bond donors (Lipinski definition) is 3. The van der Waals surface area contributed by atoms with Gasteiger partial charge in [0.25, 0.3) is 0 Å². The monoisotopic (exact) mass is 338 g/mol. The Morgan fingerprint density at radius 3 is 2.38 bits per heavy atom. The number of alkyl carbamates (subject to hydrolysis) is 1. The topological polar surface area (TPSA) is 74.8 Å². The summed E-state index contributed by atoms with van der Waals surface area (Å²) in [7, 11) is 1.65. The van der Waals surface area contributed by atoms with Crippen LogP contribution in [0.1, 0.15) is 26.3 Å². The zero-order valence-electron chi connectivity index (χ0n) is 14.8. The van der Waals surface area contributed by atoms with Gasteiger partial charge in [0.15, 0.2) is 5.96 Å². The van der Waals surface area contributed by atoms with Crippen molar-refractivity contribution >= 4 is 12.1 Å². The molecule has 0 saturated carbocycles. The van der Waals surface area contributed by atoms with Crippen LogP contribution in [0.3, 0.4) is 0 Å². The highest BCUT2D eigenvalue weighted by Crippen LogP contribution is 2.06. The molecule has 1 rings (SSSR count). The fourth-order valence-electron chi connectivity index (χ4n) is 1.90. The number of amides is 1. The van der Waals surface area contributed by atoms with E-state index in [1.165, 1.54) is 6.07 Å². The van der Waals surface area contributed by atoms with Crippen molar-refractivity contribution < 1.29 is 13.9 Å². The summed E-state index contributed by atoms with van der Waals surface area (Å²) in [5.41, 5.74) is 0.147. The molecule has 3 N–H and O–H groups in total. The van der Waals surface area contributed by atoms with E-state index >= 15 is 0 Å². The van der Waals surface area contributed by atoms with E-state index in [0.717, 1.165) is 0 Å². The van der Waals surface area contributed by atoms with Crippen molar-refractivity contribution in [2.75, 3.05) is 26.7 Å². The number of nitrogens with one attached hydrogen (secondary N) is 3. The van der Waals surface area contributed by atoms with Crippen molar-refractivity contribution in [1.29, 1.82) is 0 Å². The molecule has 0 radical (unpaired) electrons. The Kier molecular flexibility index (Phi) is 8.01. The van der Waals surface area contributed by atoms with E-state index in [4.69, 9.17) is 4.74 Å². The number of rotatable bonds is 6. The van der Waals surface area contributed by atoms with E-state index < -0.39 is 11.7 Å². The molecule has 0 atom stereocenters. The van der Waals surface area contributed by atoms with Crippen molar-refractivity contribution in [3.63, 3.8) is 0 Å². The van der Waals surface area contributed by atoms with Crippen molar-refractivity contribution in [2.45, 2.75) is 32.8 Å². The summed E-state index contributed by atoms with van der Waals surface area (Å²) >= 11 is 0. The lowest BCUT2D eigenvalue weighted by Crippen LogP contribution is -2.43. The Morgan fingerprint density at radius 2 is 1.75 bits per heavy atom. The second-order valence-corrected chi connectivity index (χ2v) is 6.20. The second-order valence-electron chi connectivity index (χ2n) is 6.20. The maximum Gasteiger partial charge on any atom is 0.407 e. The highest BCUT2D eigenvalue weighted by Gasteiger charge is 2.15. The molecule has 1 aromatic carbocycles. The van der Waals surface area contributed by atoms with Crippen LogP contribution in [0.2, 0.25) is 0 Å². The van der Waals surface area contributed by atoms with E-state index in [-0.39, 0.29) is 5.82 Å². The van der Waals surface area contributed by atoms with Crippen molar-refractivity contribution in [3.8, 4) is 0 Å². The molecule has 7 heteroatoms. The normalized spacial score (nSPS) is 11.8. The summed E-state index contributed by atoms with van der Waals surface area (Å²) in [4.78, 5) is 15.6. The first-order valence-corrected chi connectivity index (χ1v) is 7.96. The number of benzene rings is 1. The van der Waals surface area contributed by atoms with E-state index in [0.29, 0.717) is 37.6 Å². The molecule has 1 amide bonds. The molecule has 134 valence electrons. The van der Waals surface area contributed by atoms with Gasteiger partial charge >= 0.3 is 6.09 Å². The SMILES string of the molecule is CN=C(NCCNC(=O)OC(C)(C)C)NCCc1ccccc1F. The molecule has 0 fully saturated rings. The molecular formula is C17H27FN4O2. The molecule has 0 aromatic heterocycles. The van der Waals surface area contributed by atoms with Gasteiger partial charge in [0.05, 0.1) is 0 Å². The van der Waals surface area contributed by atoms with Crippen LogP contribution >= 0.6 is 0 Å². The number of nitrogens with zero attached hydrogens (tertiary/aromatic N) is 1. The van der Waals surface area contributed by atoms with Gasteiger partial charge in [0.1, 0.15) is 11.4 Å². The number of carbonyl (C=O) groups excluding carboxylic acids is 1. The summed E-state index contributed by atoms with van der Waals surface area (Å²) in [5, 5.41) is 8.82. The predicted molar refractivity (Wildman–Crippen MR) is 93.7 cm³/mol. The summed E-state index contributed by atoms with van der Waals surface area (Å²) in [6.07, 6.45) is 0.107. The molecule has 0 aliphatic rings. The zero-order valence-corrected chi connectivity index (χ0v) is 14.8. The second kappa shape index (κ2) is 9.75. The molecule has 6 nitrogen and oxygen atoms in total. The maximum atomic E-state index is 13.5. The van der Waals surface area contributed by atoms with E-state index in [1.807, 2.05) is 26.8 Å². The highest BCUT2D eigenvalue weighted by molar-refractivity contribution is 5.79. The minimum absolute atomic E-state index is 0.205. The third kappa shape index (κ3) is 8.36. The quantitative estimate of drug-likeness (QED) is 0.422. The van der Waals surface area contributed by atoms with Crippen LogP contribution in [-0.4, -0.2) is 44.3 Å². The minimum Gasteiger partial charge on any atom is -0.444 e. The molecular weight excluding hydrogens is 311 g/mol. The number of hydrogen-bond acceptors (Lipinski definition) is 3. The van der Waals surface area contributed by atoms with E-state index in [1.54, 1.807) is 19.2 Å². The number of guanidine groups is 1. The lowest BCUT2D eigenvalue weighted by Gasteiger charge is -2.19. The van der Waals surface area contributed by atoms with Crippen LogP contribution in [0.15, 0.2) is 29.3 Å². The van der Waals surface area contributed by atoms with Crippen LogP contribution < -0.4 is 16.0 Å². The van der Waals surface area contributed by atoms with Gasteiger partial charge in [-0.25, -0.2) is 9.18 Å². The lowest BCUT2D eigenvalue weighted by atomic mass is 10.1. The first kappa shape index (κ1) is 19.7. The van der Waals surface area contributed by atoms with Crippen LogP contribution in [0.4, 0.5) is 9.18 Å². The summed E-state index contributed by atoms with van der Waals surface area (Å²) in [5.74, 6) is 0.390. The largest absolute Gasteiger partial charge is 0.444 e. The fraction of sp³-hybridized carbons (Fsp3) is 0.529. The van der Waals surface area contributed by atoms with E-state index in [9.17, 15) is 9.18 Å². The first-order valence-electron chi connectivity index (χ1n) is 7.96. The Balaban J connectivity index is 2.21. The Hall–Kier alpha value is -2.31. The molecule has 0 aliphatic heterocycles. The van der Waals surface area contributed by atoms with Gasteiger partial charge in [-0.3, -0.25) is 4.99 Å². The summed E-state index contributed by atoms with van der Waals surface area (Å²) in [6.45, 7) is 6.89. The van der Waals surface area contributed by atoms with Crippen LogP contribution in [0.25, 0.3) is 0 Å². The van der Waals surface area contributed by atoms with Crippen LogP contribution in [-0.2, 0) is 11.2 Å². The molecule has 0 spiro atoms. The zero-order chi connectivity index (χ0) is 18.0. The molecule has 0 aliphatic carbocycles. The molecule has 24 heavy (non-hydrogen) atoms. The third-order valence-electron chi connectivity index (χ3n) is 2.95. The van der Waals surface area contributed by atoms with Gasteiger partial charge in [-0.2, -0.15) is 0 Å². The number of carbonyl (C=O) groups is 1. The molecule has 0 saturated heterocycles. The Labute approximate surface area is 142 Å². The fourth-order valence-corrected chi connectivity index (χ4v) is 1.90. The van der Waals surface area contributed by atoms with Crippen molar-refractivity contribution in [1.82, 2.24) is 16.0 Å². The van der Waals surface area contributed by atoms with Crippen LogP contribution in [0, 0.1) is 5.82 Å². The smallest absolute Gasteiger partial charge is 0.407 e. The number of ether oxygens (including phenoxy) is 1.